The summed E-state index contributed by atoms with van der Waals surface area (Å²) in [7, 11) is 0. The molecule has 2 aliphatic rings. The minimum Gasteiger partial charge on any atom is -0.491 e. The molecule has 0 heterocycles. The zero-order chi connectivity index (χ0) is 28.9. The van der Waals surface area contributed by atoms with Crippen molar-refractivity contribution in [2.45, 2.75) is 103 Å². The highest BCUT2D eigenvalue weighted by atomic mass is 19.3. The minimum absolute atomic E-state index is 0.115. The van der Waals surface area contributed by atoms with E-state index in [1.54, 1.807) is 6.92 Å². The molecule has 0 bridgehead atoms. The summed E-state index contributed by atoms with van der Waals surface area (Å²) in [6, 6.07) is 4.70. The summed E-state index contributed by atoms with van der Waals surface area (Å²) in [5.74, 6) is -4.36. The maximum absolute atomic E-state index is 15.0. The van der Waals surface area contributed by atoms with Crippen LogP contribution in [-0.2, 0) is 6.42 Å². The maximum atomic E-state index is 15.0. The first-order chi connectivity index (χ1) is 19.1. The fourth-order valence-electron chi connectivity index (χ4n) is 6.72. The highest BCUT2D eigenvalue weighted by Crippen LogP contribution is 2.45. The Morgan fingerprint density at radius 3 is 1.95 bits per heavy atom. The first kappa shape index (κ1) is 30.6. The van der Waals surface area contributed by atoms with Crippen LogP contribution in [0.2, 0.25) is 0 Å². The third-order valence-electron chi connectivity index (χ3n) is 8.91. The lowest BCUT2D eigenvalue weighted by Gasteiger charge is -2.38. The molecule has 0 unspecified atom stereocenters. The molecule has 0 radical (unpaired) electrons. The standard InChI is InChI=1S/C32H40F6O2/c1-3-5-20-6-8-21(9-7-20)22-10-12-23(13-11-22)25-15-17-27(31(36)29(25)34)40-32(37,38)19-18-24-14-16-26(39-4-2)30(35)28(24)33/h14-17,20-23H,3-13,18-19H2,1-2H3. The molecule has 2 aliphatic carbocycles. The monoisotopic (exact) mass is 570 g/mol. The van der Waals surface area contributed by atoms with E-state index in [4.69, 9.17) is 4.74 Å². The Bertz CT molecular complexity index is 1120. The summed E-state index contributed by atoms with van der Waals surface area (Å²) in [4.78, 5) is 0. The number of alkyl halides is 2. The Morgan fingerprint density at radius 1 is 0.725 bits per heavy atom. The molecule has 0 amide bonds. The summed E-state index contributed by atoms with van der Waals surface area (Å²) in [6.45, 7) is 3.95. The minimum atomic E-state index is -3.93. The van der Waals surface area contributed by atoms with Gasteiger partial charge in [0.05, 0.1) is 13.0 Å². The zero-order valence-corrected chi connectivity index (χ0v) is 23.4. The van der Waals surface area contributed by atoms with Gasteiger partial charge in [0, 0.05) is 0 Å². The van der Waals surface area contributed by atoms with Gasteiger partial charge in [0.1, 0.15) is 0 Å². The molecule has 0 aliphatic heterocycles. The molecular formula is C32H40F6O2. The second-order valence-corrected chi connectivity index (χ2v) is 11.5. The first-order valence-electron chi connectivity index (χ1n) is 14.8. The van der Waals surface area contributed by atoms with Gasteiger partial charge in [-0.05, 0) is 98.8 Å². The Morgan fingerprint density at radius 2 is 1.32 bits per heavy atom. The lowest BCUT2D eigenvalue weighted by Crippen LogP contribution is -2.27. The topological polar surface area (TPSA) is 18.5 Å². The predicted molar refractivity (Wildman–Crippen MR) is 143 cm³/mol. The van der Waals surface area contributed by atoms with Crippen molar-refractivity contribution in [3.63, 3.8) is 0 Å². The van der Waals surface area contributed by atoms with E-state index in [-0.39, 0.29) is 29.4 Å². The van der Waals surface area contributed by atoms with Gasteiger partial charge in [0.25, 0.3) is 0 Å². The van der Waals surface area contributed by atoms with Crippen LogP contribution in [0, 0.1) is 41.0 Å². The van der Waals surface area contributed by atoms with Crippen LogP contribution in [0.1, 0.15) is 102 Å². The highest BCUT2D eigenvalue weighted by Gasteiger charge is 2.36. The first-order valence-corrected chi connectivity index (χ1v) is 14.8. The second kappa shape index (κ2) is 13.5. The fraction of sp³-hybridized carbons (Fsp3) is 0.625. The number of hydrogen-bond donors (Lipinski definition) is 0. The van der Waals surface area contributed by atoms with Crippen molar-refractivity contribution in [3.8, 4) is 11.5 Å². The van der Waals surface area contributed by atoms with Gasteiger partial charge >= 0.3 is 6.11 Å². The lowest BCUT2D eigenvalue weighted by atomic mass is 9.68. The van der Waals surface area contributed by atoms with Crippen molar-refractivity contribution in [3.05, 3.63) is 58.7 Å². The summed E-state index contributed by atoms with van der Waals surface area (Å²) >= 11 is 0. The van der Waals surface area contributed by atoms with E-state index in [2.05, 4.69) is 11.7 Å². The molecule has 40 heavy (non-hydrogen) atoms. The van der Waals surface area contributed by atoms with Crippen molar-refractivity contribution in [1.29, 1.82) is 0 Å². The average molecular weight is 571 g/mol. The summed E-state index contributed by atoms with van der Waals surface area (Å²) in [5.41, 5.74) is -0.0963. The predicted octanol–water partition coefficient (Wildman–Crippen LogP) is 10.1. The van der Waals surface area contributed by atoms with Crippen LogP contribution >= 0.6 is 0 Å². The van der Waals surface area contributed by atoms with Gasteiger partial charge in [0.15, 0.2) is 23.1 Å². The molecule has 4 rings (SSSR count). The molecule has 0 spiro atoms. The number of aryl methyl sites for hydroxylation is 1. The Balaban J connectivity index is 1.33. The molecule has 2 nitrogen and oxygen atoms in total. The van der Waals surface area contributed by atoms with Crippen molar-refractivity contribution in [2.75, 3.05) is 6.61 Å². The summed E-state index contributed by atoms with van der Waals surface area (Å²) in [6.07, 6.45) is 5.49. The molecule has 0 aromatic heterocycles. The largest absolute Gasteiger partial charge is 0.491 e. The second-order valence-electron chi connectivity index (χ2n) is 11.5. The smallest absolute Gasteiger partial charge is 0.398 e. The van der Waals surface area contributed by atoms with Gasteiger partial charge in [-0.1, -0.05) is 44.7 Å². The summed E-state index contributed by atoms with van der Waals surface area (Å²) in [5, 5.41) is 0. The van der Waals surface area contributed by atoms with E-state index in [9.17, 15) is 22.0 Å². The van der Waals surface area contributed by atoms with Gasteiger partial charge in [-0.2, -0.15) is 17.6 Å². The van der Waals surface area contributed by atoms with Crippen LogP contribution in [0.4, 0.5) is 26.3 Å². The van der Waals surface area contributed by atoms with Gasteiger partial charge in [0.2, 0.25) is 11.6 Å². The van der Waals surface area contributed by atoms with Crippen molar-refractivity contribution < 1.29 is 35.8 Å². The third-order valence-corrected chi connectivity index (χ3v) is 8.91. The molecule has 2 aromatic carbocycles. The molecule has 0 N–H and O–H groups in total. The number of benzene rings is 2. The Kier molecular flexibility index (Phi) is 10.3. The molecule has 2 aromatic rings. The molecule has 0 atom stereocenters. The molecular weight excluding hydrogens is 530 g/mol. The number of rotatable bonds is 11. The van der Waals surface area contributed by atoms with E-state index < -0.39 is 48.0 Å². The van der Waals surface area contributed by atoms with Gasteiger partial charge in [-0.3, -0.25) is 0 Å². The highest BCUT2D eigenvalue weighted by molar-refractivity contribution is 5.34. The van der Waals surface area contributed by atoms with E-state index in [0.29, 0.717) is 11.8 Å². The van der Waals surface area contributed by atoms with Gasteiger partial charge in [-0.25, -0.2) is 8.78 Å². The van der Waals surface area contributed by atoms with Crippen molar-refractivity contribution >= 4 is 0 Å². The quantitative estimate of drug-likeness (QED) is 0.250. The Labute approximate surface area is 233 Å². The van der Waals surface area contributed by atoms with Crippen LogP contribution in [0.3, 0.4) is 0 Å². The maximum Gasteiger partial charge on any atom is 0.398 e. The van der Waals surface area contributed by atoms with E-state index in [1.807, 2.05) is 0 Å². The lowest BCUT2D eigenvalue weighted by molar-refractivity contribution is -0.181. The molecule has 0 saturated heterocycles. The number of halogens is 6. The van der Waals surface area contributed by atoms with Crippen LogP contribution in [-0.4, -0.2) is 12.7 Å². The van der Waals surface area contributed by atoms with Crippen LogP contribution in [0.5, 0.6) is 11.5 Å². The SMILES string of the molecule is CCCC1CCC(C2CCC(c3ccc(OC(F)(F)CCc4ccc(OCC)c(F)c4F)c(F)c3F)CC2)CC1. The third kappa shape index (κ3) is 7.27. The average Bonchev–Trinajstić information content (AvgIpc) is 2.94. The normalized spacial score (nSPS) is 23.7. The van der Waals surface area contributed by atoms with E-state index in [1.165, 1.54) is 44.6 Å². The van der Waals surface area contributed by atoms with Gasteiger partial charge < -0.3 is 9.47 Å². The van der Waals surface area contributed by atoms with Gasteiger partial charge in [-0.15, -0.1) is 0 Å². The van der Waals surface area contributed by atoms with E-state index >= 15 is 4.39 Å². The van der Waals surface area contributed by atoms with Crippen LogP contribution < -0.4 is 9.47 Å². The molecule has 8 heteroatoms. The Hall–Kier alpha value is -2.38. The molecule has 222 valence electrons. The zero-order valence-electron chi connectivity index (χ0n) is 23.4. The molecule has 2 fully saturated rings. The number of ether oxygens (including phenoxy) is 2. The van der Waals surface area contributed by atoms with Crippen molar-refractivity contribution in [1.82, 2.24) is 0 Å². The van der Waals surface area contributed by atoms with Crippen LogP contribution in [0.15, 0.2) is 24.3 Å². The van der Waals surface area contributed by atoms with Crippen LogP contribution in [0.25, 0.3) is 0 Å². The fourth-order valence-corrected chi connectivity index (χ4v) is 6.72. The van der Waals surface area contributed by atoms with E-state index in [0.717, 1.165) is 49.8 Å². The number of hydrogen-bond acceptors (Lipinski definition) is 2. The molecule has 2 saturated carbocycles. The van der Waals surface area contributed by atoms with Crippen molar-refractivity contribution in [2.24, 2.45) is 17.8 Å². The summed E-state index contributed by atoms with van der Waals surface area (Å²) < 4.78 is 96.7.